The Balaban J connectivity index is 2.57. The van der Waals surface area contributed by atoms with Crippen LogP contribution in [0.5, 0.6) is 0 Å². The van der Waals surface area contributed by atoms with Gasteiger partial charge in [-0.1, -0.05) is 11.6 Å². The Morgan fingerprint density at radius 1 is 1.33 bits per heavy atom. The maximum Gasteiger partial charge on any atom is 0.161 e. The smallest absolute Gasteiger partial charge is 0.161 e. The molecular weight excluding hydrogens is 428 g/mol. The number of benzene rings is 1. The minimum absolute atomic E-state index is 0.651. The normalized spacial score (nSPS) is 10.5. The molecule has 0 spiro atoms. The molecule has 1 aromatic heterocycles. The molecule has 0 bridgehead atoms. The van der Waals surface area contributed by atoms with Gasteiger partial charge in [0.15, 0.2) is 5.82 Å². The summed E-state index contributed by atoms with van der Waals surface area (Å²) in [4.78, 5) is 8.98. The lowest BCUT2D eigenvalue weighted by molar-refractivity contribution is 1.09. The van der Waals surface area contributed by atoms with E-state index in [1.807, 2.05) is 32.2 Å². The van der Waals surface area contributed by atoms with Crippen molar-refractivity contribution in [3.05, 3.63) is 37.0 Å². The van der Waals surface area contributed by atoms with Crippen molar-refractivity contribution in [3.63, 3.8) is 0 Å². The van der Waals surface area contributed by atoms with Crippen LogP contribution < -0.4 is 5.32 Å². The molecule has 1 heterocycles. The first-order chi connectivity index (χ1) is 8.52. The fourth-order valence-corrected chi connectivity index (χ4v) is 2.43. The van der Waals surface area contributed by atoms with E-state index >= 15 is 0 Å². The molecule has 1 aromatic carbocycles. The molecule has 1 N–H and O–H groups in total. The van der Waals surface area contributed by atoms with Gasteiger partial charge in [-0.25, -0.2) is 9.97 Å². The second kappa shape index (κ2) is 5.71. The van der Waals surface area contributed by atoms with Gasteiger partial charge in [-0.3, -0.25) is 0 Å². The van der Waals surface area contributed by atoms with E-state index in [2.05, 4.69) is 53.8 Å². The van der Waals surface area contributed by atoms with E-state index in [0.29, 0.717) is 10.8 Å². The number of nitrogens with one attached hydrogen (secondary N) is 1. The van der Waals surface area contributed by atoms with Crippen LogP contribution in [0.25, 0.3) is 11.4 Å². The minimum atomic E-state index is 0.651. The number of anilines is 1. The molecular formula is C12H10BrClIN3. The number of rotatable bonds is 2. The van der Waals surface area contributed by atoms with E-state index in [1.54, 1.807) is 0 Å². The molecule has 94 valence electrons. The molecule has 6 heteroatoms. The van der Waals surface area contributed by atoms with Crippen molar-refractivity contribution in [2.75, 3.05) is 12.4 Å². The first-order valence-corrected chi connectivity index (χ1v) is 7.45. The first kappa shape index (κ1) is 14.0. The highest BCUT2D eigenvalue weighted by atomic mass is 127. The minimum Gasteiger partial charge on any atom is -0.372 e. The maximum atomic E-state index is 6.09. The van der Waals surface area contributed by atoms with Crippen LogP contribution in [0.2, 0.25) is 5.02 Å². The maximum absolute atomic E-state index is 6.09. The molecule has 0 fully saturated rings. The van der Waals surface area contributed by atoms with Crippen LogP contribution in [0.1, 0.15) is 5.69 Å². The Kier molecular flexibility index (Phi) is 4.45. The summed E-state index contributed by atoms with van der Waals surface area (Å²) in [5, 5.41) is 3.72. The Morgan fingerprint density at radius 3 is 2.67 bits per heavy atom. The summed E-state index contributed by atoms with van der Waals surface area (Å²) in [6, 6.07) is 5.69. The molecule has 0 saturated heterocycles. The third-order valence-corrected chi connectivity index (χ3v) is 4.96. The van der Waals surface area contributed by atoms with Gasteiger partial charge in [-0.05, 0) is 63.6 Å². The van der Waals surface area contributed by atoms with Crippen LogP contribution in [-0.2, 0) is 0 Å². The number of hydrogen-bond acceptors (Lipinski definition) is 3. The Labute approximate surface area is 133 Å². The zero-order valence-corrected chi connectivity index (χ0v) is 14.3. The van der Waals surface area contributed by atoms with E-state index in [1.165, 1.54) is 0 Å². The summed E-state index contributed by atoms with van der Waals surface area (Å²) in [6.07, 6.45) is 0. The summed E-state index contributed by atoms with van der Waals surface area (Å²) in [6.45, 7) is 1.97. The van der Waals surface area contributed by atoms with Crippen molar-refractivity contribution in [1.29, 1.82) is 0 Å². The van der Waals surface area contributed by atoms with Gasteiger partial charge in [0.2, 0.25) is 0 Å². The van der Waals surface area contributed by atoms with Crippen molar-refractivity contribution >= 4 is 55.9 Å². The fourth-order valence-electron chi connectivity index (χ4n) is 1.49. The lowest BCUT2D eigenvalue weighted by Crippen LogP contribution is -2.02. The molecule has 0 aliphatic heterocycles. The summed E-state index contributed by atoms with van der Waals surface area (Å²) >= 11 is 11.7. The van der Waals surface area contributed by atoms with Gasteiger partial charge in [0.25, 0.3) is 0 Å². The third kappa shape index (κ3) is 2.78. The second-order valence-corrected chi connectivity index (χ2v) is 6.01. The summed E-state index contributed by atoms with van der Waals surface area (Å²) in [7, 11) is 1.85. The van der Waals surface area contributed by atoms with Gasteiger partial charge >= 0.3 is 0 Å². The first-order valence-electron chi connectivity index (χ1n) is 5.20. The Hall–Kier alpha value is -0.400. The average Bonchev–Trinajstić information content (AvgIpc) is 2.36. The summed E-state index contributed by atoms with van der Waals surface area (Å²) < 4.78 is 1.89. The highest BCUT2D eigenvalue weighted by Crippen LogP contribution is 2.29. The predicted molar refractivity (Wildman–Crippen MR) is 87.2 cm³/mol. The third-order valence-electron chi connectivity index (χ3n) is 2.43. The van der Waals surface area contributed by atoms with Crippen molar-refractivity contribution in [2.24, 2.45) is 0 Å². The van der Waals surface area contributed by atoms with Gasteiger partial charge < -0.3 is 5.32 Å². The summed E-state index contributed by atoms with van der Waals surface area (Å²) in [5.74, 6) is 1.50. The largest absolute Gasteiger partial charge is 0.372 e. The van der Waals surface area contributed by atoms with Gasteiger partial charge in [-0.2, -0.15) is 0 Å². The number of hydrogen-bond donors (Lipinski definition) is 1. The lowest BCUT2D eigenvalue weighted by Gasteiger charge is -2.09. The van der Waals surface area contributed by atoms with Gasteiger partial charge in [-0.15, -0.1) is 0 Å². The number of nitrogens with zero attached hydrogens (tertiary/aromatic N) is 2. The molecule has 0 amide bonds. The molecule has 0 radical (unpaired) electrons. The second-order valence-electron chi connectivity index (χ2n) is 3.67. The van der Waals surface area contributed by atoms with Gasteiger partial charge in [0.05, 0.1) is 14.3 Å². The molecule has 0 aliphatic rings. The van der Waals surface area contributed by atoms with Crippen molar-refractivity contribution < 1.29 is 0 Å². The fraction of sp³-hybridized carbons (Fsp3) is 0.167. The SMILES string of the molecule is CNc1nc(-c2ccc(Br)c(Cl)c2)nc(C)c1I. The zero-order valence-electron chi connectivity index (χ0n) is 9.76. The molecule has 18 heavy (non-hydrogen) atoms. The van der Waals surface area contributed by atoms with E-state index < -0.39 is 0 Å². The van der Waals surface area contributed by atoms with Gasteiger partial charge in [0, 0.05) is 17.1 Å². The molecule has 3 nitrogen and oxygen atoms in total. The monoisotopic (exact) mass is 437 g/mol. The number of halogens is 3. The highest BCUT2D eigenvalue weighted by molar-refractivity contribution is 14.1. The van der Waals surface area contributed by atoms with E-state index in [9.17, 15) is 0 Å². The highest BCUT2D eigenvalue weighted by Gasteiger charge is 2.10. The topological polar surface area (TPSA) is 37.8 Å². The van der Waals surface area contributed by atoms with Crippen LogP contribution >= 0.6 is 50.1 Å². The molecule has 0 unspecified atom stereocenters. The molecule has 0 saturated carbocycles. The van der Waals surface area contributed by atoms with E-state index in [4.69, 9.17) is 11.6 Å². The van der Waals surface area contributed by atoms with Crippen LogP contribution in [-0.4, -0.2) is 17.0 Å². The predicted octanol–water partition coefficient (Wildman–Crippen LogP) is 4.51. The van der Waals surface area contributed by atoms with Crippen molar-refractivity contribution in [2.45, 2.75) is 6.92 Å². The molecule has 0 aliphatic carbocycles. The standard InChI is InChI=1S/C12H10BrClIN3/c1-6-10(15)12(16-2)18-11(17-6)7-3-4-8(13)9(14)5-7/h3-5H,1-2H3,(H,16,17,18). The zero-order chi connectivity index (χ0) is 13.3. The molecule has 0 atom stereocenters. The van der Waals surface area contributed by atoms with Gasteiger partial charge in [0.1, 0.15) is 5.82 Å². The van der Waals surface area contributed by atoms with E-state index in [0.717, 1.165) is 25.1 Å². The quantitative estimate of drug-likeness (QED) is 0.701. The number of aryl methyl sites for hydroxylation is 1. The average molecular weight is 438 g/mol. The van der Waals surface area contributed by atoms with Crippen LogP contribution in [0.4, 0.5) is 5.82 Å². The number of aromatic nitrogens is 2. The summed E-state index contributed by atoms with van der Waals surface area (Å²) in [5.41, 5.74) is 1.85. The Morgan fingerprint density at radius 2 is 2.06 bits per heavy atom. The lowest BCUT2D eigenvalue weighted by atomic mass is 10.2. The van der Waals surface area contributed by atoms with Crippen molar-refractivity contribution in [3.8, 4) is 11.4 Å². The van der Waals surface area contributed by atoms with E-state index in [-0.39, 0.29) is 0 Å². The van der Waals surface area contributed by atoms with Crippen LogP contribution in [0, 0.1) is 10.5 Å². The Bertz CT molecular complexity index is 604. The van der Waals surface area contributed by atoms with Crippen molar-refractivity contribution in [1.82, 2.24) is 9.97 Å². The van der Waals surface area contributed by atoms with Crippen LogP contribution in [0.15, 0.2) is 22.7 Å². The molecule has 2 rings (SSSR count). The molecule has 2 aromatic rings. The van der Waals surface area contributed by atoms with Crippen LogP contribution in [0.3, 0.4) is 0 Å².